The Balaban J connectivity index is 1.68. The van der Waals surface area contributed by atoms with Crippen LogP contribution in [0.3, 0.4) is 0 Å². The van der Waals surface area contributed by atoms with E-state index in [1.807, 2.05) is 0 Å². The van der Waals surface area contributed by atoms with Gasteiger partial charge in [0.1, 0.15) is 17.8 Å². The minimum Gasteiger partial charge on any atom is -0.406 e. The minimum absolute atomic E-state index is 0.239. The SMILES string of the molecule is CC(NC(=O)CN1C(=O)NC(C)(c2ccc(OC(F)(F)F)cc2)C1=O)c1ccc(Cl)cc1. The van der Waals surface area contributed by atoms with Crippen LogP contribution in [-0.2, 0) is 15.1 Å². The fraction of sp³-hybridized carbons (Fsp3) is 0.286. The van der Waals surface area contributed by atoms with E-state index in [-0.39, 0.29) is 5.56 Å². The molecule has 2 unspecified atom stereocenters. The van der Waals surface area contributed by atoms with E-state index < -0.39 is 48.1 Å². The zero-order chi connectivity index (χ0) is 23.7. The molecule has 1 aliphatic heterocycles. The van der Waals surface area contributed by atoms with Crippen molar-refractivity contribution in [1.82, 2.24) is 15.5 Å². The predicted molar refractivity (Wildman–Crippen MR) is 109 cm³/mol. The van der Waals surface area contributed by atoms with Crippen LogP contribution in [0.5, 0.6) is 5.75 Å². The first-order chi connectivity index (χ1) is 14.9. The highest BCUT2D eigenvalue weighted by Crippen LogP contribution is 2.31. The van der Waals surface area contributed by atoms with E-state index in [0.717, 1.165) is 22.6 Å². The molecule has 2 N–H and O–H groups in total. The molecule has 1 heterocycles. The number of carbonyl (C=O) groups is 3. The fourth-order valence-electron chi connectivity index (χ4n) is 3.29. The highest BCUT2D eigenvalue weighted by molar-refractivity contribution is 6.30. The number of imide groups is 1. The third-order valence-corrected chi connectivity index (χ3v) is 5.24. The molecule has 0 saturated carbocycles. The maximum absolute atomic E-state index is 12.9. The topological polar surface area (TPSA) is 87.7 Å². The van der Waals surface area contributed by atoms with E-state index in [4.69, 9.17) is 11.6 Å². The number of amides is 4. The third kappa shape index (κ3) is 5.13. The summed E-state index contributed by atoms with van der Waals surface area (Å²) in [6.45, 7) is 2.62. The zero-order valence-corrected chi connectivity index (χ0v) is 17.8. The lowest BCUT2D eigenvalue weighted by Crippen LogP contribution is -2.43. The van der Waals surface area contributed by atoms with Crippen molar-refractivity contribution in [3.63, 3.8) is 0 Å². The zero-order valence-electron chi connectivity index (χ0n) is 17.0. The van der Waals surface area contributed by atoms with Crippen molar-refractivity contribution in [1.29, 1.82) is 0 Å². The van der Waals surface area contributed by atoms with Gasteiger partial charge in [0, 0.05) is 5.02 Å². The van der Waals surface area contributed by atoms with E-state index >= 15 is 0 Å². The Bertz CT molecular complexity index is 1030. The Kier molecular flexibility index (Phi) is 6.36. The number of nitrogens with zero attached hydrogens (tertiary/aromatic N) is 1. The number of rotatable bonds is 6. The molecular weight excluding hydrogens is 451 g/mol. The van der Waals surface area contributed by atoms with Gasteiger partial charge in [-0.05, 0) is 49.2 Å². The molecule has 0 aliphatic carbocycles. The van der Waals surface area contributed by atoms with Crippen molar-refractivity contribution in [3.05, 3.63) is 64.7 Å². The van der Waals surface area contributed by atoms with Crippen molar-refractivity contribution >= 4 is 29.4 Å². The molecule has 0 bridgehead atoms. The van der Waals surface area contributed by atoms with E-state index in [9.17, 15) is 27.6 Å². The largest absolute Gasteiger partial charge is 0.573 e. The first kappa shape index (κ1) is 23.4. The fourth-order valence-corrected chi connectivity index (χ4v) is 3.42. The van der Waals surface area contributed by atoms with Gasteiger partial charge in [-0.15, -0.1) is 13.2 Å². The number of alkyl halides is 3. The van der Waals surface area contributed by atoms with Crippen molar-refractivity contribution in [3.8, 4) is 5.75 Å². The van der Waals surface area contributed by atoms with Gasteiger partial charge in [0.15, 0.2) is 0 Å². The van der Waals surface area contributed by atoms with Gasteiger partial charge < -0.3 is 15.4 Å². The Morgan fingerprint density at radius 3 is 2.31 bits per heavy atom. The summed E-state index contributed by atoms with van der Waals surface area (Å²) in [7, 11) is 0. The second-order valence-corrected chi connectivity index (χ2v) is 7.80. The molecule has 1 aliphatic rings. The van der Waals surface area contributed by atoms with E-state index in [0.29, 0.717) is 5.02 Å². The number of hydrogen-bond acceptors (Lipinski definition) is 4. The molecule has 3 rings (SSSR count). The summed E-state index contributed by atoms with van der Waals surface area (Å²) in [5, 5.41) is 5.74. The van der Waals surface area contributed by atoms with Crippen LogP contribution in [0.4, 0.5) is 18.0 Å². The first-order valence-electron chi connectivity index (χ1n) is 9.44. The molecule has 0 spiro atoms. The molecule has 170 valence electrons. The highest BCUT2D eigenvalue weighted by Gasteiger charge is 2.49. The summed E-state index contributed by atoms with van der Waals surface area (Å²) in [5.74, 6) is -1.73. The molecule has 1 fully saturated rings. The number of hydrogen-bond donors (Lipinski definition) is 2. The maximum Gasteiger partial charge on any atom is 0.573 e. The Labute approximate surface area is 186 Å². The van der Waals surface area contributed by atoms with Crippen molar-refractivity contribution in [2.45, 2.75) is 31.8 Å². The van der Waals surface area contributed by atoms with Crippen LogP contribution < -0.4 is 15.4 Å². The maximum atomic E-state index is 12.9. The highest BCUT2D eigenvalue weighted by atomic mass is 35.5. The molecule has 7 nitrogen and oxygen atoms in total. The van der Waals surface area contributed by atoms with Gasteiger partial charge in [-0.2, -0.15) is 0 Å². The van der Waals surface area contributed by atoms with Gasteiger partial charge >= 0.3 is 12.4 Å². The average molecular weight is 470 g/mol. The summed E-state index contributed by atoms with van der Waals surface area (Å²) < 4.78 is 40.8. The van der Waals surface area contributed by atoms with Gasteiger partial charge in [0.2, 0.25) is 5.91 Å². The molecule has 0 aromatic heterocycles. The summed E-state index contributed by atoms with van der Waals surface area (Å²) in [6.07, 6.45) is -4.85. The normalized spacial score (nSPS) is 19.5. The average Bonchev–Trinajstić information content (AvgIpc) is 2.91. The van der Waals surface area contributed by atoms with Crippen LogP contribution in [0, 0.1) is 0 Å². The summed E-state index contributed by atoms with van der Waals surface area (Å²) >= 11 is 5.85. The van der Waals surface area contributed by atoms with Crippen molar-refractivity contribution in [2.24, 2.45) is 0 Å². The summed E-state index contributed by atoms with van der Waals surface area (Å²) in [4.78, 5) is 38.5. The molecule has 0 radical (unpaired) electrons. The van der Waals surface area contributed by atoms with Gasteiger partial charge in [0.25, 0.3) is 5.91 Å². The third-order valence-electron chi connectivity index (χ3n) is 4.99. The standard InChI is InChI=1S/C21H19ClF3N3O4/c1-12(13-3-7-15(22)8-4-13)26-17(29)11-28-18(30)20(2,27-19(28)31)14-5-9-16(10-6-14)32-21(23,24)25/h3-10,12H,11H2,1-2H3,(H,26,29)(H,27,31). The molecule has 4 amide bonds. The first-order valence-corrected chi connectivity index (χ1v) is 9.82. The van der Waals surface area contributed by atoms with Crippen LogP contribution in [0.1, 0.15) is 31.0 Å². The lowest BCUT2D eigenvalue weighted by atomic mass is 9.92. The molecule has 32 heavy (non-hydrogen) atoms. The second kappa shape index (κ2) is 8.70. The molecule has 2 aromatic rings. The Morgan fingerprint density at radius 2 is 1.75 bits per heavy atom. The lowest BCUT2D eigenvalue weighted by Gasteiger charge is -2.23. The summed E-state index contributed by atoms with van der Waals surface area (Å²) in [6, 6.07) is 10.2. The smallest absolute Gasteiger partial charge is 0.406 e. The molecule has 2 atom stereocenters. The number of benzene rings is 2. The molecule has 2 aromatic carbocycles. The monoisotopic (exact) mass is 469 g/mol. The second-order valence-electron chi connectivity index (χ2n) is 7.36. The predicted octanol–water partition coefficient (Wildman–Crippen LogP) is 3.88. The molecular formula is C21H19ClF3N3O4. The van der Waals surface area contributed by atoms with Crippen LogP contribution in [-0.4, -0.2) is 35.7 Å². The lowest BCUT2D eigenvalue weighted by molar-refractivity contribution is -0.274. The van der Waals surface area contributed by atoms with Crippen molar-refractivity contribution in [2.75, 3.05) is 6.54 Å². The van der Waals surface area contributed by atoms with E-state index in [1.165, 1.54) is 19.1 Å². The van der Waals surface area contributed by atoms with Crippen LogP contribution >= 0.6 is 11.6 Å². The van der Waals surface area contributed by atoms with E-state index in [1.54, 1.807) is 31.2 Å². The quantitative estimate of drug-likeness (QED) is 0.628. The number of nitrogens with one attached hydrogen (secondary N) is 2. The Hall–Kier alpha value is -3.27. The minimum atomic E-state index is -4.85. The van der Waals surface area contributed by atoms with Crippen LogP contribution in [0.2, 0.25) is 5.02 Å². The number of carbonyl (C=O) groups excluding carboxylic acids is 3. The molecule has 1 saturated heterocycles. The Morgan fingerprint density at radius 1 is 1.16 bits per heavy atom. The van der Waals surface area contributed by atoms with Crippen LogP contribution in [0.15, 0.2) is 48.5 Å². The molecule has 11 heteroatoms. The van der Waals surface area contributed by atoms with Crippen LogP contribution in [0.25, 0.3) is 0 Å². The number of halogens is 4. The van der Waals surface area contributed by atoms with Gasteiger partial charge in [-0.3, -0.25) is 14.5 Å². The number of ether oxygens (including phenoxy) is 1. The van der Waals surface area contributed by atoms with E-state index in [2.05, 4.69) is 15.4 Å². The van der Waals surface area contributed by atoms with Gasteiger partial charge in [-0.1, -0.05) is 35.9 Å². The van der Waals surface area contributed by atoms with Gasteiger partial charge in [0.05, 0.1) is 6.04 Å². The number of urea groups is 1. The van der Waals surface area contributed by atoms with Gasteiger partial charge in [-0.25, -0.2) is 4.79 Å². The summed E-state index contributed by atoms with van der Waals surface area (Å²) in [5.41, 5.74) is -0.524. The van der Waals surface area contributed by atoms with Crippen molar-refractivity contribution < 1.29 is 32.3 Å².